The van der Waals surface area contributed by atoms with Crippen LogP contribution in [0.3, 0.4) is 0 Å². The fraction of sp³-hybridized carbons (Fsp3) is 0.500. The molecule has 0 heterocycles. The Morgan fingerprint density at radius 2 is 1.95 bits per heavy atom. The molecule has 1 aromatic carbocycles. The van der Waals surface area contributed by atoms with Gasteiger partial charge in [0, 0.05) is 13.2 Å². The van der Waals surface area contributed by atoms with Crippen molar-refractivity contribution in [1.29, 1.82) is 0 Å². The first-order valence-electron chi connectivity index (χ1n) is 7.20. The lowest BCUT2D eigenvalue weighted by Crippen LogP contribution is -2.22. The van der Waals surface area contributed by atoms with E-state index in [1.165, 1.54) is 0 Å². The monoisotopic (exact) mass is 328 g/mol. The summed E-state index contributed by atoms with van der Waals surface area (Å²) >= 11 is 0. The van der Waals surface area contributed by atoms with Crippen molar-refractivity contribution in [2.75, 3.05) is 26.1 Å². The standard InChI is InChI=1S/C16H24O5S/c1-3-8-16(14-21-22(2,17)18)20-12-7-11-19-13-15-9-5-4-6-10-15/h3-6,9-10,16H,1,7-8,11-14H2,2H3. The molecule has 1 atom stereocenters. The quantitative estimate of drug-likeness (QED) is 0.335. The minimum Gasteiger partial charge on any atom is -0.377 e. The highest BCUT2D eigenvalue weighted by Crippen LogP contribution is 2.05. The van der Waals surface area contributed by atoms with Crippen LogP contribution >= 0.6 is 0 Å². The molecule has 0 aromatic heterocycles. The van der Waals surface area contributed by atoms with Gasteiger partial charge in [-0.3, -0.25) is 4.18 Å². The van der Waals surface area contributed by atoms with Crippen LogP contribution in [-0.4, -0.2) is 40.6 Å². The Bertz CT molecular complexity index is 513. The molecule has 0 bridgehead atoms. The van der Waals surface area contributed by atoms with Crippen molar-refractivity contribution >= 4 is 10.1 Å². The van der Waals surface area contributed by atoms with E-state index in [4.69, 9.17) is 13.7 Å². The summed E-state index contributed by atoms with van der Waals surface area (Å²) < 4.78 is 37.8. The third-order valence-electron chi connectivity index (χ3n) is 2.80. The van der Waals surface area contributed by atoms with Gasteiger partial charge in [0.25, 0.3) is 10.1 Å². The molecule has 0 aliphatic heterocycles. The van der Waals surface area contributed by atoms with Crippen LogP contribution < -0.4 is 0 Å². The van der Waals surface area contributed by atoms with Gasteiger partial charge in [0.2, 0.25) is 0 Å². The van der Waals surface area contributed by atoms with Gasteiger partial charge in [-0.15, -0.1) is 6.58 Å². The summed E-state index contributed by atoms with van der Waals surface area (Å²) in [6, 6.07) is 9.95. The summed E-state index contributed by atoms with van der Waals surface area (Å²) in [6.45, 7) is 5.29. The van der Waals surface area contributed by atoms with Crippen LogP contribution in [0.2, 0.25) is 0 Å². The van der Waals surface area contributed by atoms with Crippen molar-refractivity contribution < 1.29 is 22.1 Å². The van der Waals surface area contributed by atoms with Crippen LogP contribution in [-0.2, 0) is 30.4 Å². The van der Waals surface area contributed by atoms with Gasteiger partial charge in [0.05, 0.1) is 25.6 Å². The Kier molecular flexibility index (Phi) is 9.00. The minimum atomic E-state index is -3.45. The van der Waals surface area contributed by atoms with E-state index in [1.54, 1.807) is 6.08 Å². The summed E-state index contributed by atoms with van der Waals surface area (Å²) in [6.07, 6.45) is 3.68. The van der Waals surface area contributed by atoms with Crippen LogP contribution in [0.5, 0.6) is 0 Å². The average molecular weight is 328 g/mol. The van der Waals surface area contributed by atoms with Crippen LogP contribution in [0.4, 0.5) is 0 Å². The van der Waals surface area contributed by atoms with Crippen LogP contribution in [0.25, 0.3) is 0 Å². The van der Waals surface area contributed by atoms with E-state index in [0.717, 1.165) is 18.2 Å². The zero-order valence-corrected chi connectivity index (χ0v) is 13.8. The molecule has 0 aliphatic carbocycles. The Morgan fingerprint density at radius 3 is 2.59 bits per heavy atom. The maximum absolute atomic E-state index is 11.0. The summed E-state index contributed by atoms with van der Waals surface area (Å²) in [5.41, 5.74) is 1.13. The topological polar surface area (TPSA) is 61.8 Å². The van der Waals surface area contributed by atoms with Gasteiger partial charge in [-0.05, 0) is 18.4 Å². The van der Waals surface area contributed by atoms with Crippen molar-refractivity contribution in [3.8, 4) is 0 Å². The van der Waals surface area contributed by atoms with E-state index in [-0.39, 0.29) is 12.7 Å². The predicted octanol–water partition coefficient (Wildman–Crippen LogP) is 2.53. The molecule has 0 radical (unpaired) electrons. The smallest absolute Gasteiger partial charge is 0.264 e. The molecule has 0 aliphatic rings. The van der Waals surface area contributed by atoms with E-state index in [9.17, 15) is 8.42 Å². The van der Waals surface area contributed by atoms with Gasteiger partial charge in [-0.1, -0.05) is 36.4 Å². The lowest BCUT2D eigenvalue weighted by molar-refractivity contribution is 0.00939. The molecular weight excluding hydrogens is 304 g/mol. The van der Waals surface area contributed by atoms with E-state index in [1.807, 2.05) is 30.3 Å². The molecule has 1 unspecified atom stereocenters. The normalized spacial score (nSPS) is 13.0. The Hall–Kier alpha value is -1.21. The Morgan fingerprint density at radius 1 is 1.23 bits per heavy atom. The molecule has 22 heavy (non-hydrogen) atoms. The lowest BCUT2D eigenvalue weighted by atomic mass is 10.2. The number of benzene rings is 1. The number of ether oxygens (including phenoxy) is 2. The van der Waals surface area contributed by atoms with Crippen molar-refractivity contribution in [3.63, 3.8) is 0 Å². The molecule has 1 aromatic rings. The van der Waals surface area contributed by atoms with E-state index >= 15 is 0 Å². The predicted molar refractivity (Wildman–Crippen MR) is 86.1 cm³/mol. The van der Waals surface area contributed by atoms with E-state index < -0.39 is 10.1 Å². The van der Waals surface area contributed by atoms with Crippen molar-refractivity contribution in [1.82, 2.24) is 0 Å². The van der Waals surface area contributed by atoms with Crippen LogP contribution in [0, 0.1) is 0 Å². The molecule has 6 heteroatoms. The Labute approximate surface area is 133 Å². The van der Waals surface area contributed by atoms with Crippen LogP contribution in [0.1, 0.15) is 18.4 Å². The minimum absolute atomic E-state index is 0.00965. The van der Waals surface area contributed by atoms with Gasteiger partial charge < -0.3 is 9.47 Å². The largest absolute Gasteiger partial charge is 0.377 e. The average Bonchev–Trinajstić information content (AvgIpc) is 2.48. The third-order valence-corrected chi connectivity index (χ3v) is 3.36. The molecular formula is C16H24O5S. The number of hydrogen-bond acceptors (Lipinski definition) is 5. The maximum Gasteiger partial charge on any atom is 0.264 e. The van der Waals surface area contributed by atoms with Crippen molar-refractivity contribution in [3.05, 3.63) is 48.6 Å². The van der Waals surface area contributed by atoms with Crippen LogP contribution in [0.15, 0.2) is 43.0 Å². The third kappa shape index (κ3) is 9.68. The summed E-state index contributed by atoms with van der Waals surface area (Å²) in [4.78, 5) is 0. The zero-order chi connectivity index (χ0) is 16.3. The van der Waals surface area contributed by atoms with E-state index in [2.05, 4.69) is 6.58 Å². The molecule has 5 nitrogen and oxygen atoms in total. The highest BCUT2D eigenvalue weighted by atomic mass is 32.2. The first kappa shape index (κ1) is 18.8. The Balaban J connectivity index is 2.13. The first-order valence-corrected chi connectivity index (χ1v) is 9.01. The first-order chi connectivity index (χ1) is 10.5. The molecule has 0 N–H and O–H groups in total. The fourth-order valence-corrected chi connectivity index (χ4v) is 2.14. The molecule has 1 rings (SSSR count). The fourth-order valence-electron chi connectivity index (χ4n) is 1.74. The second-order valence-electron chi connectivity index (χ2n) is 4.90. The van der Waals surface area contributed by atoms with Gasteiger partial charge in [-0.2, -0.15) is 8.42 Å². The van der Waals surface area contributed by atoms with Gasteiger partial charge >= 0.3 is 0 Å². The maximum atomic E-state index is 11.0. The number of rotatable bonds is 12. The second kappa shape index (κ2) is 10.5. The second-order valence-corrected chi connectivity index (χ2v) is 6.54. The SMILES string of the molecule is C=CCC(COS(C)(=O)=O)OCCCOCc1ccccc1. The van der Waals surface area contributed by atoms with Crippen molar-refractivity contribution in [2.24, 2.45) is 0 Å². The lowest BCUT2D eigenvalue weighted by Gasteiger charge is -2.15. The molecule has 0 spiro atoms. The van der Waals surface area contributed by atoms with Gasteiger partial charge in [0.15, 0.2) is 0 Å². The zero-order valence-electron chi connectivity index (χ0n) is 12.9. The highest BCUT2D eigenvalue weighted by molar-refractivity contribution is 7.85. The van der Waals surface area contributed by atoms with Crippen molar-refractivity contribution in [2.45, 2.75) is 25.6 Å². The van der Waals surface area contributed by atoms with Gasteiger partial charge in [-0.25, -0.2) is 0 Å². The number of hydrogen-bond donors (Lipinski definition) is 0. The summed E-state index contributed by atoms with van der Waals surface area (Å²) in [5.74, 6) is 0. The van der Waals surface area contributed by atoms with Gasteiger partial charge in [0.1, 0.15) is 0 Å². The van der Waals surface area contributed by atoms with E-state index in [0.29, 0.717) is 26.2 Å². The molecule has 0 amide bonds. The summed E-state index contributed by atoms with van der Waals surface area (Å²) in [5, 5.41) is 0. The summed E-state index contributed by atoms with van der Waals surface area (Å²) in [7, 11) is -3.45. The molecule has 0 fully saturated rings. The highest BCUT2D eigenvalue weighted by Gasteiger charge is 2.11. The molecule has 0 saturated carbocycles. The molecule has 0 saturated heterocycles. The molecule has 124 valence electrons.